The minimum absolute atomic E-state index is 0.140. The number of nitrogens with zero attached hydrogens (tertiary/aromatic N) is 2. The summed E-state index contributed by atoms with van der Waals surface area (Å²) in [6.45, 7) is 0.177. The summed E-state index contributed by atoms with van der Waals surface area (Å²) in [6.07, 6.45) is 0.355. The molecule has 0 spiro atoms. The van der Waals surface area contributed by atoms with E-state index < -0.39 is 0 Å². The first kappa shape index (κ1) is 21.0. The summed E-state index contributed by atoms with van der Waals surface area (Å²) in [5, 5.41) is 5.36. The van der Waals surface area contributed by atoms with Crippen molar-refractivity contribution in [3.63, 3.8) is 0 Å². The topological polar surface area (TPSA) is 102 Å². The van der Waals surface area contributed by atoms with Gasteiger partial charge >= 0.3 is 0 Å². The Morgan fingerprint density at radius 1 is 1.10 bits per heavy atom. The highest BCUT2D eigenvalue weighted by atomic mass is 16.5. The highest BCUT2D eigenvalue weighted by Crippen LogP contribution is 2.13. The summed E-state index contributed by atoms with van der Waals surface area (Å²) in [7, 11) is 3.13. The van der Waals surface area contributed by atoms with Crippen molar-refractivity contribution in [2.75, 3.05) is 14.2 Å². The van der Waals surface area contributed by atoms with E-state index in [1.54, 1.807) is 32.4 Å². The van der Waals surface area contributed by atoms with E-state index in [4.69, 9.17) is 4.74 Å². The van der Waals surface area contributed by atoms with Gasteiger partial charge in [0, 0.05) is 26.4 Å². The van der Waals surface area contributed by atoms with Crippen LogP contribution in [0.1, 0.15) is 17.7 Å². The summed E-state index contributed by atoms with van der Waals surface area (Å²) in [4.78, 5) is 41.5. The molecule has 0 saturated carbocycles. The Bertz CT molecular complexity index is 1120. The number of rotatable bonds is 8. The maximum Gasteiger partial charge on any atom is 0.273 e. The predicted octanol–water partition coefficient (Wildman–Crippen LogP) is 1.40. The van der Waals surface area contributed by atoms with Gasteiger partial charge in [-0.05, 0) is 29.8 Å². The van der Waals surface area contributed by atoms with E-state index in [2.05, 4.69) is 15.6 Å². The van der Waals surface area contributed by atoms with Crippen LogP contribution in [-0.4, -0.2) is 35.5 Å². The van der Waals surface area contributed by atoms with Gasteiger partial charge in [0.2, 0.25) is 11.8 Å². The molecule has 1 heterocycles. The Morgan fingerprint density at radius 3 is 2.67 bits per heavy atom. The van der Waals surface area contributed by atoms with Crippen molar-refractivity contribution >= 4 is 22.8 Å². The number of aryl methyl sites for hydroxylation is 1. The van der Waals surface area contributed by atoms with Gasteiger partial charge in [-0.15, -0.1) is 0 Å². The predicted molar refractivity (Wildman–Crippen MR) is 113 cm³/mol. The van der Waals surface area contributed by atoms with Crippen molar-refractivity contribution in [2.24, 2.45) is 0 Å². The molecule has 0 saturated heterocycles. The highest BCUT2D eigenvalue weighted by Gasteiger charge is 2.14. The van der Waals surface area contributed by atoms with E-state index in [1.807, 2.05) is 30.3 Å². The molecule has 0 bridgehead atoms. The zero-order valence-electron chi connectivity index (χ0n) is 17.0. The lowest BCUT2D eigenvalue weighted by Gasteiger charge is -2.13. The summed E-state index contributed by atoms with van der Waals surface area (Å²) in [5.41, 5.74) is 1.96. The van der Waals surface area contributed by atoms with Crippen LogP contribution in [0, 0.1) is 0 Å². The van der Waals surface area contributed by atoms with Crippen LogP contribution < -0.4 is 20.9 Å². The molecule has 0 aliphatic rings. The summed E-state index contributed by atoms with van der Waals surface area (Å²) in [5.74, 6) is 0.235. The summed E-state index contributed by atoms with van der Waals surface area (Å²) >= 11 is 0. The standard InChI is InChI=1S/C22H24N4O4/c1-23-20(27)11-10-18-22(29)26(19-9-4-3-8-17(19)25-18)14-21(28)24-13-15-6-5-7-16(12-15)30-2/h3-9,12H,10-11,13-14H2,1-2H3,(H,23,27)(H,24,28). The lowest BCUT2D eigenvalue weighted by Crippen LogP contribution is -2.34. The SMILES string of the molecule is CNC(=O)CCc1nc2ccccc2n(CC(=O)NCc2cccc(OC)c2)c1=O. The number of carbonyl (C=O) groups excluding carboxylic acids is 2. The first-order valence-corrected chi connectivity index (χ1v) is 9.60. The van der Waals surface area contributed by atoms with Gasteiger partial charge < -0.3 is 15.4 Å². The Kier molecular flexibility index (Phi) is 6.79. The number of methoxy groups -OCH3 is 1. The minimum atomic E-state index is -0.367. The quantitative estimate of drug-likeness (QED) is 0.587. The largest absolute Gasteiger partial charge is 0.497 e. The van der Waals surface area contributed by atoms with Crippen molar-refractivity contribution in [1.29, 1.82) is 0 Å². The lowest BCUT2D eigenvalue weighted by atomic mass is 10.2. The van der Waals surface area contributed by atoms with E-state index in [0.717, 1.165) is 5.56 Å². The smallest absolute Gasteiger partial charge is 0.273 e. The number of nitrogens with one attached hydrogen (secondary N) is 2. The molecule has 1 aromatic heterocycles. The molecule has 3 aromatic rings. The van der Waals surface area contributed by atoms with Gasteiger partial charge in [-0.3, -0.25) is 19.0 Å². The zero-order valence-corrected chi connectivity index (χ0v) is 17.0. The van der Waals surface area contributed by atoms with Crippen LogP contribution in [0.15, 0.2) is 53.3 Å². The highest BCUT2D eigenvalue weighted by molar-refractivity contribution is 5.80. The fourth-order valence-corrected chi connectivity index (χ4v) is 3.10. The average Bonchev–Trinajstić information content (AvgIpc) is 2.78. The number of hydrogen-bond donors (Lipinski definition) is 2. The molecule has 2 amide bonds. The molecule has 0 unspecified atom stereocenters. The van der Waals surface area contributed by atoms with Crippen LogP contribution in [0.4, 0.5) is 0 Å². The maximum absolute atomic E-state index is 12.9. The Hall–Kier alpha value is -3.68. The van der Waals surface area contributed by atoms with Crippen molar-refractivity contribution in [3.05, 3.63) is 70.1 Å². The molecule has 2 aromatic carbocycles. The van der Waals surface area contributed by atoms with E-state index in [9.17, 15) is 14.4 Å². The van der Waals surface area contributed by atoms with Crippen LogP contribution in [0.3, 0.4) is 0 Å². The molecule has 0 aliphatic carbocycles. The first-order valence-electron chi connectivity index (χ1n) is 9.60. The molecule has 0 atom stereocenters. The second-order valence-electron chi connectivity index (χ2n) is 6.74. The fourth-order valence-electron chi connectivity index (χ4n) is 3.10. The van der Waals surface area contributed by atoms with Crippen molar-refractivity contribution in [3.8, 4) is 5.75 Å². The van der Waals surface area contributed by atoms with Crippen molar-refractivity contribution in [1.82, 2.24) is 20.2 Å². The van der Waals surface area contributed by atoms with Gasteiger partial charge in [-0.25, -0.2) is 4.98 Å². The van der Waals surface area contributed by atoms with Gasteiger partial charge in [0.05, 0.1) is 18.1 Å². The molecule has 0 fully saturated rings. The van der Waals surface area contributed by atoms with Gasteiger partial charge in [0.15, 0.2) is 0 Å². The zero-order chi connectivity index (χ0) is 21.5. The summed E-state index contributed by atoms with van der Waals surface area (Å²) < 4.78 is 6.59. The van der Waals surface area contributed by atoms with E-state index >= 15 is 0 Å². The first-order chi connectivity index (χ1) is 14.5. The number of para-hydroxylation sites is 2. The summed E-state index contributed by atoms with van der Waals surface area (Å²) in [6, 6.07) is 14.5. The van der Waals surface area contributed by atoms with E-state index in [1.165, 1.54) is 4.57 Å². The molecule has 8 nitrogen and oxygen atoms in total. The number of carbonyl (C=O) groups is 2. The fraction of sp³-hybridized carbons (Fsp3) is 0.273. The van der Waals surface area contributed by atoms with Crippen LogP contribution in [0.5, 0.6) is 5.75 Å². The normalized spacial score (nSPS) is 10.6. The van der Waals surface area contributed by atoms with E-state index in [0.29, 0.717) is 23.3 Å². The second-order valence-corrected chi connectivity index (χ2v) is 6.74. The molecule has 2 N–H and O–H groups in total. The van der Waals surface area contributed by atoms with Gasteiger partial charge in [-0.2, -0.15) is 0 Å². The van der Waals surface area contributed by atoms with Gasteiger partial charge in [0.1, 0.15) is 18.0 Å². The van der Waals surface area contributed by atoms with Crippen molar-refractivity contribution < 1.29 is 14.3 Å². The second kappa shape index (κ2) is 9.69. The Balaban J connectivity index is 1.81. The molecule has 8 heteroatoms. The average molecular weight is 408 g/mol. The van der Waals surface area contributed by atoms with Gasteiger partial charge in [-0.1, -0.05) is 24.3 Å². The number of amides is 2. The number of hydrogen-bond acceptors (Lipinski definition) is 5. The van der Waals surface area contributed by atoms with Crippen LogP contribution >= 0.6 is 0 Å². The van der Waals surface area contributed by atoms with Crippen LogP contribution in [0.2, 0.25) is 0 Å². The number of fused-ring (bicyclic) bond motifs is 1. The van der Waals surface area contributed by atoms with E-state index in [-0.39, 0.29) is 42.5 Å². The van der Waals surface area contributed by atoms with Crippen LogP contribution in [-0.2, 0) is 29.1 Å². The maximum atomic E-state index is 12.9. The molecule has 156 valence electrons. The molecular formula is C22H24N4O4. The third-order valence-electron chi connectivity index (χ3n) is 4.71. The molecule has 3 rings (SSSR count). The Labute approximate surface area is 173 Å². The monoisotopic (exact) mass is 408 g/mol. The molecule has 0 radical (unpaired) electrons. The minimum Gasteiger partial charge on any atom is -0.497 e. The number of aromatic nitrogens is 2. The molecule has 30 heavy (non-hydrogen) atoms. The Morgan fingerprint density at radius 2 is 1.90 bits per heavy atom. The van der Waals surface area contributed by atoms with Gasteiger partial charge in [0.25, 0.3) is 5.56 Å². The van der Waals surface area contributed by atoms with Crippen LogP contribution in [0.25, 0.3) is 11.0 Å². The number of ether oxygens (including phenoxy) is 1. The molecule has 0 aliphatic heterocycles. The third-order valence-corrected chi connectivity index (χ3v) is 4.71. The van der Waals surface area contributed by atoms with Crippen molar-refractivity contribution in [2.45, 2.75) is 25.9 Å². The lowest BCUT2D eigenvalue weighted by molar-refractivity contribution is -0.122. The third kappa shape index (κ3) is 5.02. The molecular weight excluding hydrogens is 384 g/mol. The number of benzene rings is 2.